The molecule has 12 heavy (non-hydrogen) atoms. The van der Waals surface area contributed by atoms with Gasteiger partial charge in [0.25, 0.3) is 0 Å². The molecule has 1 nitrogen and oxygen atoms in total. The highest BCUT2D eigenvalue weighted by Gasteiger charge is 2.19. The zero-order valence-electron chi connectivity index (χ0n) is 7.48. The summed E-state index contributed by atoms with van der Waals surface area (Å²) in [6, 6.07) is 0. The molecule has 0 bridgehead atoms. The van der Waals surface area contributed by atoms with Crippen LogP contribution < -0.4 is 0 Å². The molecule has 1 rings (SSSR count). The fourth-order valence-corrected chi connectivity index (χ4v) is 1.30. The molecule has 0 saturated carbocycles. The van der Waals surface area contributed by atoms with E-state index in [0.29, 0.717) is 0 Å². The van der Waals surface area contributed by atoms with Gasteiger partial charge in [-0.05, 0) is 13.1 Å². The molecule has 0 aromatic heterocycles. The Kier molecular flexibility index (Phi) is 2.94. The number of rotatable bonds is 1. The molecule has 0 amide bonds. The van der Waals surface area contributed by atoms with Gasteiger partial charge >= 0.3 is 0 Å². The van der Waals surface area contributed by atoms with Gasteiger partial charge in [-0.15, -0.1) is 5.73 Å². The SMILES string of the molecule is C=C=C=C1CN(CC)CC1=C=C. The summed E-state index contributed by atoms with van der Waals surface area (Å²) in [6.45, 7) is 12.2. The quantitative estimate of drug-likeness (QED) is 0.528. The lowest BCUT2D eigenvalue weighted by atomic mass is 10.2. The second-order valence-electron chi connectivity index (χ2n) is 2.74. The molecule has 0 unspecified atom stereocenters. The second kappa shape index (κ2) is 3.97. The van der Waals surface area contributed by atoms with Crippen molar-refractivity contribution in [2.45, 2.75) is 6.92 Å². The maximum atomic E-state index is 3.65. The minimum atomic E-state index is 0.927. The van der Waals surface area contributed by atoms with E-state index in [1.807, 2.05) is 0 Å². The van der Waals surface area contributed by atoms with E-state index in [9.17, 15) is 0 Å². The lowest BCUT2D eigenvalue weighted by Gasteiger charge is -2.07. The standard InChI is InChI=1S/C11H13N/c1-4-7-11-9-12(6-3)8-10(11)5-2/h1-2,6,8-9H2,3H3. The predicted octanol–water partition coefficient (Wildman–Crippen LogP) is 1.90. The van der Waals surface area contributed by atoms with Crippen molar-refractivity contribution in [1.29, 1.82) is 0 Å². The van der Waals surface area contributed by atoms with Crippen molar-refractivity contribution in [3.63, 3.8) is 0 Å². The van der Waals surface area contributed by atoms with Crippen molar-refractivity contribution in [1.82, 2.24) is 4.90 Å². The maximum Gasteiger partial charge on any atom is 0.0326 e. The summed E-state index contributed by atoms with van der Waals surface area (Å²) in [5.41, 5.74) is 10.8. The number of hydrogen-bond acceptors (Lipinski definition) is 1. The van der Waals surface area contributed by atoms with Gasteiger partial charge in [0.1, 0.15) is 0 Å². The smallest absolute Gasteiger partial charge is 0.0326 e. The average Bonchev–Trinajstić information content (AvgIpc) is 2.48. The lowest BCUT2D eigenvalue weighted by molar-refractivity contribution is 0.375. The van der Waals surface area contributed by atoms with E-state index >= 15 is 0 Å². The number of nitrogens with zero attached hydrogens (tertiary/aromatic N) is 1. The Morgan fingerprint density at radius 1 is 1.33 bits per heavy atom. The van der Waals surface area contributed by atoms with Gasteiger partial charge in [0.15, 0.2) is 0 Å². The summed E-state index contributed by atoms with van der Waals surface area (Å²) >= 11 is 0. The molecule has 0 N–H and O–H groups in total. The van der Waals surface area contributed by atoms with Crippen molar-refractivity contribution >= 4 is 0 Å². The summed E-state index contributed by atoms with van der Waals surface area (Å²) in [7, 11) is 0. The first-order valence-electron chi connectivity index (χ1n) is 4.07. The Balaban J connectivity index is 2.99. The van der Waals surface area contributed by atoms with Gasteiger partial charge in [-0.3, -0.25) is 4.90 Å². The molecule has 1 aliphatic heterocycles. The van der Waals surface area contributed by atoms with E-state index in [1.54, 1.807) is 0 Å². The molecule has 1 aliphatic rings. The van der Waals surface area contributed by atoms with Crippen LogP contribution in [0.3, 0.4) is 0 Å². The monoisotopic (exact) mass is 159 g/mol. The largest absolute Gasteiger partial charge is 0.294 e. The Bertz CT molecular complexity index is 306. The van der Waals surface area contributed by atoms with Gasteiger partial charge in [-0.25, -0.2) is 0 Å². The molecule has 0 aromatic rings. The van der Waals surface area contributed by atoms with E-state index in [0.717, 1.165) is 30.8 Å². The molecular formula is C11H13N. The van der Waals surface area contributed by atoms with Gasteiger partial charge < -0.3 is 0 Å². The van der Waals surface area contributed by atoms with Crippen LogP contribution in [0.25, 0.3) is 0 Å². The molecule has 1 heterocycles. The van der Waals surface area contributed by atoms with E-state index < -0.39 is 0 Å². The normalized spacial score (nSPS) is 17.1. The summed E-state index contributed by atoms with van der Waals surface area (Å²) < 4.78 is 0. The van der Waals surface area contributed by atoms with Gasteiger partial charge in [0.05, 0.1) is 0 Å². The van der Waals surface area contributed by atoms with Crippen molar-refractivity contribution in [2.24, 2.45) is 0 Å². The molecule has 1 heteroatoms. The van der Waals surface area contributed by atoms with E-state index in [-0.39, 0.29) is 0 Å². The summed E-state index contributed by atoms with van der Waals surface area (Å²) in [4.78, 5) is 2.30. The predicted molar refractivity (Wildman–Crippen MR) is 50.9 cm³/mol. The maximum absolute atomic E-state index is 3.65. The Morgan fingerprint density at radius 3 is 2.50 bits per heavy atom. The van der Waals surface area contributed by atoms with Crippen LogP contribution in [0.5, 0.6) is 0 Å². The van der Waals surface area contributed by atoms with Crippen LogP contribution in [0.4, 0.5) is 0 Å². The number of likely N-dealkylation sites (tertiary alicyclic amines) is 1. The van der Waals surface area contributed by atoms with E-state index in [2.05, 4.69) is 42.2 Å². The van der Waals surface area contributed by atoms with Crippen LogP contribution in [-0.4, -0.2) is 24.5 Å². The first kappa shape index (κ1) is 8.87. The molecule has 1 fully saturated rings. The Morgan fingerprint density at radius 2 is 2.00 bits per heavy atom. The first-order chi connectivity index (χ1) is 5.81. The molecular weight excluding hydrogens is 146 g/mol. The summed E-state index contributed by atoms with van der Waals surface area (Å²) in [5.74, 6) is 0. The Labute approximate surface area is 73.7 Å². The highest BCUT2D eigenvalue weighted by Crippen LogP contribution is 2.18. The Hall–Kier alpha value is -1.22. The van der Waals surface area contributed by atoms with Crippen LogP contribution in [-0.2, 0) is 0 Å². The average molecular weight is 159 g/mol. The van der Waals surface area contributed by atoms with Crippen molar-refractivity contribution in [2.75, 3.05) is 19.6 Å². The van der Waals surface area contributed by atoms with Crippen molar-refractivity contribution < 1.29 is 0 Å². The molecule has 62 valence electrons. The third-order valence-corrected chi connectivity index (χ3v) is 2.03. The van der Waals surface area contributed by atoms with Crippen LogP contribution in [0.15, 0.2) is 41.5 Å². The number of hydrogen-bond donors (Lipinski definition) is 0. The molecule has 0 radical (unpaired) electrons. The third-order valence-electron chi connectivity index (χ3n) is 2.03. The topological polar surface area (TPSA) is 3.24 Å². The molecule has 1 saturated heterocycles. The lowest BCUT2D eigenvalue weighted by Crippen LogP contribution is -2.18. The van der Waals surface area contributed by atoms with Gasteiger partial charge in [0.2, 0.25) is 0 Å². The fraction of sp³-hybridized carbons (Fsp3) is 0.364. The van der Waals surface area contributed by atoms with Gasteiger partial charge in [-0.2, -0.15) is 0 Å². The van der Waals surface area contributed by atoms with Crippen LogP contribution in [0, 0.1) is 0 Å². The van der Waals surface area contributed by atoms with Gasteiger partial charge in [-0.1, -0.05) is 25.0 Å². The second-order valence-corrected chi connectivity index (χ2v) is 2.74. The highest BCUT2D eigenvalue weighted by molar-refractivity contribution is 5.36. The minimum absolute atomic E-state index is 0.927. The summed E-state index contributed by atoms with van der Waals surface area (Å²) in [5, 5.41) is 0. The molecule has 0 spiro atoms. The van der Waals surface area contributed by atoms with E-state index in [4.69, 9.17) is 0 Å². The molecule has 0 aliphatic carbocycles. The third kappa shape index (κ3) is 1.68. The molecule has 0 aromatic carbocycles. The van der Waals surface area contributed by atoms with Gasteiger partial charge in [0, 0.05) is 24.2 Å². The van der Waals surface area contributed by atoms with Crippen LogP contribution in [0.2, 0.25) is 0 Å². The molecule has 0 atom stereocenters. The zero-order chi connectivity index (χ0) is 8.97. The highest BCUT2D eigenvalue weighted by atomic mass is 15.1. The summed E-state index contributed by atoms with van der Waals surface area (Å²) in [6.07, 6.45) is 0. The zero-order valence-corrected chi connectivity index (χ0v) is 7.48. The van der Waals surface area contributed by atoms with E-state index in [1.165, 1.54) is 0 Å². The fourth-order valence-electron chi connectivity index (χ4n) is 1.30. The van der Waals surface area contributed by atoms with Crippen LogP contribution >= 0.6 is 0 Å². The van der Waals surface area contributed by atoms with Crippen LogP contribution in [0.1, 0.15) is 6.92 Å². The van der Waals surface area contributed by atoms with Crippen molar-refractivity contribution in [3.8, 4) is 0 Å². The number of likely N-dealkylation sites (N-methyl/N-ethyl adjacent to an activating group) is 1. The first-order valence-corrected chi connectivity index (χ1v) is 4.07. The minimum Gasteiger partial charge on any atom is -0.294 e. The van der Waals surface area contributed by atoms with Crippen molar-refractivity contribution in [3.05, 3.63) is 41.5 Å².